The third-order valence-corrected chi connectivity index (χ3v) is 1.71. The first-order valence-corrected chi connectivity index (χ1v) is 3.06. The van der Waals surface area contributed by atoms with Crippen LogP contribution in [0.15, 0.2) is 17.1 Å². The number of rotatable bonds is 1. The molecule has 0 aromatic carbocycles. The van der Waals surface area contributed by atoms with E-state index in [0.717, 1.165) is 6.42 Å². The molecule has 8 heavy (non-hydrogen) atoms. The minimum Gasteiger partial charge on any atom is -0.266 e. The van der Waals surface area contributed by atoms with Crippen molar-refractivity contribution < 1.29 is 0 Å². The highest BCUT2D eigenvalue weighted by molar-refractivity contribution is 6.26. The van der Waals surface area contributed by atoms with E-state index in [1.165, 1.54) is 0 Å². The number of halogens is 1. The van der Waals surface area contributed by atoms with E-state index in [1.54, 1.807) is 6.21 Å². The minimum atomic E-state index is -0.403. The molecule has 0 aliphatic carbocycles. The highest BCUT2D eigenvalue weighted by Crippen LogP contribution is 2.25. The van der Waals surface area contributed by atoms with Crippen LogP contribution in [-0.4, -0.2) is 11.2 Å². The molecule has 0 spiro atoms. The molecule has 1 nitrogen and oxygen atoms in total. The van der Waals surface area contributed by atoms with Gasteiger partial charge in [0.05, 0.1) is 0 Å². The van der Waals surface area contributed by atoms with Gasteiger partial charge in [0.1, 0.15) is 0 Å². The maximum Gasteiger partial charge on any atom is 0.152 e. The van der Waals surface area contributed by atoms with Crippen molar-refractivity contribution in [2.45, 2.75) is 18.3 Å². The Morgan fingerprint density at radius 3 is 2.75 bits per heavy atom. The number of hydrogen-bond acceptors (Lipinski definition) is 1. The lowest BCUT2D eigenvalue weighted by atomic mass is 10.2. The maximum atomic E-state index is 5.87. The van der Waals surface area contributed by atoms with Crippen LogP contribution >= 0.6 is 11.6 Å². The number of hydrogen-bond donors (Lipinski definition) is 0. The van der Waals surface area contributed by atoms with Crippen molar-refractivity contribution in [3.05, 3.63) is 12.2 Å². The highest BCUT2D eigenvalue weighted by atomic mass is 35.5. The van der Waals surface area contributed by atoms with Gasteiger partial charge in [-0.2, -0.15) is 0 Å². The Morgan fingerprint density at radius 1 is 1.75 bits per heavy atom. The fraction of sp³-hybridized carbons (Fsp3) is 0.500. The summed E-state index contributed by atoms with van der Waals surface area (Å²) in [5, 5.41) is 0. The lowest BCUT2D eigenvalue weighted by molar-refractivity contribution is 0.722. The topological polar surface area (TPSA) is 12.4 Å². The van der Waals surface area contributed by atoms with Crippen molar-refractivity contribution in [2.75, 3.05) is 0 Å². The van der Waals surface area contributed by atoms with Crippen LogP contribution in [0.1, 0.15) is 13.3 Å². The summed E-state index contributed by atoms with van der Waals surface area (Å²) in [4.78, 5) is 3.61. The fourth-order valence-electron chi connectivity index (χ4n) is 0.610. The van der Waals surface area contributed by atoms with Gasteiger partial charge in [0.15, 0.2) is 5.00 Å². The SMILES string of the molecule is CCC1(Cl)C=CC=N1. The fourth-order valence-corrected chi connectivity index (χ4v) is 0.739. The minimum absolute atomic E-state index is 0.403. The summed E-state index contributed by atoms with van der Waals surface area (Å²) in [5.41, 5.74) is 0. The summed E-state index contributed by atoms with van der Waals surface area (Å²) in [5.74, 6) is 0. The Bertz CT molecular complexity index is 125. The van der Waals surface area contributed by atoms with Gasteiger partial charge in [-0.15, -0.1) is 0 Å². The molecule has 0 bridgehead atoms. The Balaban J connectivity index is 2.69. The Kier molecular flexibility index (Phi) is 1.39. The van der Waals surface area contributed by atoms with E-state index in [1.807, 2.05) is 19.1 Å². The molecule has 44 valence electrons. The average molecular weight is 130 g/mol. The summed E-state index contributed by atoms with van der Waals surface area (Å²) < 4.78 is 0. The van der Waals surface area contributed by atoms with Crippen molar-refractivity contribution in [2.24, 2.45) is 4.99 Å². The zero-order valence-corrected chi connectivity index (χ0v) is 5.52. The predicted octanol–water partition coefficient (Wildman–Crippen LogP) is 1.97. The normalized spacial score (nSPS) is 34.2. The van der Waals surface area contributed by atoms with Gasteiger partial charge in [-0.3, -0.25) is 4.99 Å². The third kappa shape index (κ3) is 0.920. The molecule has 1 unspecified atom stereocenters. The van der Waals surface area contributed by atoms with Crippen molar-refractivity contribution in [1.82, 2.24) is 0 Å². The van der Waals surface area contributed by atoms with Gasteiger partial charge in [0.25, 0.3) is 0 Å². The monoisotopic (exact) mass is 129 g/mol. The predicted molar refractivity (Wildman–Crippen MR) is 36.5 cm³/mol. The average Bonchev–Trinajstić information content (AvgIpc) is 2.17. The first kappa shape index (κ1) is 5.83. The Hall–Kier alpha value is -0.300. The molecule has 0 aromatic rings. The van der Waals surface area contributed by atoms with Gasteiger partial charge in [-0.05, 0) is 18.6 Å². The van der Waals surface area contributed by atoms with Gasteiger partial charge in [0.2, 0.25) is 0 Å². The summed E-state index contributed by atoms with van der Waals surface area (Å²) in [6.45, 7) is 2.01. The quantitative estimate of drug-likeness (QED) is 0.379. The summed E-state index contributed by atoms with van der Waals surface area (Å²) in [6.07, 6.45) is 6.36. The lowest BCUT2D eigenvalue weighted by Gasteiger charge is -2.10. The maximum absolute atomic E-state index is 5.87. The molecule has 0 radical (unpaired) electrons. The standard InChI is InChI=1S/C6H8ClN/c1-2-6(7)4-3-5-8-6/h3-5H,2H2,1H3. The summed E-state index contributed by atoms with van der Waals surface area (Å²) in [7, 11) is 0. The second kappa shape index (κ2) is 1.90. The molecule has 2 heteroatoms. The van der Waals surface area contributed by atoms with Crippen LogP contribution in [-0.2, 0) is 0 Å². The first-order chi connectivity index (χ1) is 3.77. The van der Waals surface area contributed by atoms with Crippen LogP contribution < -0.4 is 0 Å². The Labute approximate surface area is 54.1 Å². The Morgan fingerprint density at radius 2 is 2.50 bits per heavy atom. The smallest absolute Gasteiger partial charge is 0.152 e. The van der Waals surface area contributed by atoms with Crippen LogP contribution in [0.2, 0.25) is 0 Å². The number of alkyl halides is 1. The molecule has 0 amide bonds. The zero-order valence-electron chi connectivity index (χ0n) is 4.76. The molecular weight excluding hydrogens is 122 g/mol. The second-order valence-electron chi connectivity index (χ2n) is 1.81. The van der Waals surface area contributed by atoms with Crippen LogP contribution in [0, 0.1) is 0 Å². The van der Waals surface area contributed by atoms with Crippen LogP contribution in [0.4, 0.5) is 0 Å². The van der Waals surface area contributed by atoms with Crippen molar-refractivity contribution in [3.63, 3.8) is 0 Å². The van der Waals surface area contributed by atoms with E-state index < -0.39 is 5.00 Å². The molecule has 0 saturated carbocycles. The van der Waals surface area contributed by atoms with Gasteiger partial charge >= 0.3 is 0 Å². The molecule has 0 fully saturated rings. The lowest BCUT2D eigenvalue weighted by Crippen LogP contribution is -2.08. The number of nitrogens with zero attached hydrogens (tertiary/aromatic N) is 1. The van der Waals surface area contributed by atoms with E-state index in [-0.39, 0.29) is 0 Å². The summed E-state index contributed by atoms with van der Waals surface area (Å²) in [6, 6.07) is 0. The molecule has 0 aromatic heterocycles. The van der Waals surface area contributed by atoms with E-state index in [9.17, 15) is 0 Å². The molecule has 1 aliphatic heterocycles. The largest absolute Gasteiger partial charge is 0.266 e. The molecule has 0 saturated heterocycles. The second-order valence-corrected chi connectivity index (χ2v) is 2.46. The number of allylic oxidation sites excluding steroid dienone is 1. The highest BCUT2D eigenvalue weighted by Gasteiger charge is 2.20. The van der Waals surface area contributed by atoms with Crippen molar-refractivity contribution in [3.8, 4) is 0 Å². The van der Waals surface area contributed by atoms with E-state index in [0.29, 0.717) is 0 Å². The van der Waals surface area contributed by atoms with Crippen molar-refractivity contribution in [1.29, 1.82) is 0 Å². The van der Waals surface area contributed by atoms with Crippen LogP contribution in [0.5, 0.6) is 0 Å². The summed E-state index contributed by atoms with van der Waals surface area (Å²) >= 11 is 5.87. The van der Waals surface area contributed by atoms with Crippen LogP contribution in [0.25, 0.3) is 0 Å². The molecule has 0 N–H and O–H groups in total. The van der Waals surface area contributed by atoms with Crippen molar-refractivity contribution >= 4 is 17.8 Å². The van der Waals surface area contributed by atoms with E-state index in [4.69, 9.17) is 11.6 Å². The number of aliphatic imine (C=N–C) groups is 1. The molecule has 1 aliphatic rings. The molecule has 1 rings (SSSR count). The van der Waals surface area contributed by atoms with E-state index in [2.05, 4.69) is 4.99 Å². The third-order valence-electron chi connectivity index (χ3n) is 1.22. The van der Waals surface area contributed by atoms with Gasteiger partial charge in [-0.25, -0.2) is 0 Å². The molecule has 1 atom stereocenters. The van der Waals surface area contributed by atoms with Gasteiger partial charge in [-0.1, -0.05) is 18.5 Å². The molecule has 1 heterocycles. The van der Waals surface area contributed by atoms with Gasteiger partial charge < -0.3 is 0 Å². The van der Waals surface area contributed by atoms with Gasteiger partial charge in [0, 0.05) is 6.21 Å². The first-order valence-electron chi connectivity index (χ1n) is 2.69. The van der Waals surface area contributed by atoms with E-state index >= 15 is 0 Å². The van der Waals surface area contributed by atoms with Crippen LogP contribution in [0.3, 0.4) is 0 Å². The molecular formula is C6H8ClN. The zero-order chi connectivity index (χ0) is 6.04.